The lowest BCUT2D eigenvalue weighted by Crippen LogP contribution is -2.19. The Hall–Kier alpha value is -2.21. The van der Waals surface area contributed by atoms with Crippen LogP contribution in [0.3, 0.4) is 0 Å². The molecule has 1 aromatic heterocycles. The number of nitrogen functional groups attached to an aromatic ring is 1. The first-order valence-electron chi connectivity index (χ1n) is 6.18. The second-order valence-electron chi connectivity index (χ2n) is 5.37. The van der Waals surface area contributed by atoms with Gasteiger partial charge < -0.3 is 10.2 Å². The van der Waals surface area contributed by atoms with Gasteiger partial charge >= 0.3 is 0 Å². The lowest BCUT2D eigenvalue weighted by atomic mass is 9.96. The van der Waals surface area contributed by atoms with Gasteiger partial charge in [-0.1, -0.05) is 26.8 Å². The van der Waals surface area contributed by atoms with Gasteiger partial charge in [-0.3, -0.25) is 0 Å². The molecule has 20 heavy (non-hydrogen) atoms. The number of benzene rings is 1. The maximum absolute atomic E-state index is 13.1. The predicted molar refractivity (Wildman–Crippen MR) is 75.0 cm³/mol. The Morgan fingerprint density at radius 3 is 2.55 bits per heavy atom. The largest absolute Gasteiger partial charge is 0.439 e. The van der Waals surface area contributed by atoms with E-state index in [0.717, 1.165) is 0 Å². The first-order valence-corrected chi connectivity index (χ1v) is 6.18. The summed E-state index contributed by atoms with van der Waals surface area (Å²) in [5.74, 6) is 6.72. The molecular formula is C14H17FN4O. The van der Waals surface area contributed by atoms with Gasteiger partial charge in [0.1, 0.15) is 23.2 Å². The van der Waals surface area contributed by atoms with Crippen LogP contribution in [-0.4, -0.2) is 9.97 Å². The number of rotatable bonds is 3. The third-order valence-electron chi connectivity index (χ3n) is 2.54. The molecule has 0 spiro atoms. The van der Waals surface area contributed by atoms with Crippen molar-refractivity contribution in [1.29, 1.82) is 0 Å². The Kier molecular flexibility index (Phi) is 3.85. The van der Waals surface area contributed by atoms with Gasteiger partial charge in [0.15, 0.2) is 0 Å². The Balaban J connectivity index is 2.36. The van der Waals surface area contributed by atoms with Gasteiger partial charge in [-0.2, -0.15) is 4.98 Å². The van der Waals surface area contributed by atoms with Gasteiger partial charge in [0, 0.05) is 17.5 Å². The molecule has 0 fully saturated rings. The van der Waals surface area contributed by atoms with Crippen molar-refractivity contribution in [2.75, 3.05) is 5.43 Å². The number of nitrogens with one attached hydrogen (secondary N) is 1. The second kappa shape index (κ2) is 5.42. The van der Waals surface area contributed by atoms with Crippen LogP contribution in [0.1, 0.15) is 26.6 Å². The highest BCUT2D eigenvalue weighted by Crippen LogP contribution is 2.26. The number of nitrogens with two attached hydrogens (primary N) is 1. The Labute approximate surface area is 117 Å². The fraction of sp³-hybridized carbons (Fsp3) is 0.286. The van der Waals surface area contributed by atoms with Gasteiger partial charge in [0.05, 0.1) is 0 Å². The average molecular weight is 276 g/mol. The normalized spacial score (nSPS) is 11.2. The van der Waals surface area contributed by atoms with Crippen molar-refractivity contribution < 1.29 is 9.13 Å². The summed E-state index contributed by atoms with van der Waals surface area (Å²) < 4.78 is 18.7. The van der Waals surface area contributed by atoms with Gasteiger partial charge in [0.25, 0.3) is 0 Å². The van der Waals surface area contributed by atoms with E-state index >= 15 is 0 Å². The molecule has 3 N–H and O–H groups in total. The number of anilines is 1. The molecule has 106 valence electrons. The summed E-state index contributed by atoms with van der Waals surface area (Å²) in [4.78, 5) is 8.61. The van der Waals surface area contributed by atoms with Crippen LogP contribution in [0.15, 0.2) is 30.3 Å². The smallest absolute Gasteiger partial charge is 0.224 e. The minimum absolute atomic E-state index is 0.257. The van der Waals surface area contributed by atoms with Gasteiger partial charge in [-0.25, -0.2) is 15.2 Å². The predicted octanol–water partition coefficient (Wildman–Crippen LogP) is 2.99. The molecule has 1 heterocycles. The van der Waals surface area contributed by atoms with E-state index in [4.69, 9.17) is 10.6 Å². The number of halogens is 1. The third kappa shape index (κ3) is 3.42. The average Bonchev–Trinajstić information content (AvgIpc) is 2.37. The number of hydrogen-bond donors (Lipinski definition) is 2. The standard InChI is InChI=1S/C14H17FN4O/c1-14(2,3)13-17-11(19-16)8-12(18-13)20-10-6-4-5-9(15)7-10/h4-8H,16H2,1-3H3,(H,17,18,19). The fourth-order valence-electron chi connectivity index (χ4n) is 1.54. The summed E-state index contributed by atoms with van der Waals surface area (Å²) in [6.45, 7) is 5.94. The van der Waals surface area contributed by atoms with Crippen molar-refractivity contribution >= 4 is 5.82 Å². The molecule has 0 aliphatic heterocycles. The summed E-state index contributed by atoms with van der Waals surface area (Å²) >= 11 is 0. The maximum Gasteiger partial charge on any atom is 0.224 e. The SMILES string of the molecule is CC(C)(C)c1nc(NN)cc(Oc2cccc(F)c2)n1. The fourth-order valence-corrected chi connectivity index (χ4v) is 1.54. The minimum atomic E-state index is -0.371. The summed E-state index contributed by atoms with van der Waals surface area (Å²) in [5.41, 5.74) is 2.21. The van der Waals surface area contributed by atoms with Crippen LogP contribution in [0.25, 0.3) is 0 Å². The van der Waals surface area contributed by atoms with Gasteiger partial charge in [-0.05, 0) is 12.1 Å². The molecule has 0 aliphatic rings. The molecule has 0 saturated heterocycles. The molecular weight excluding hydrogens is 259 g/mol. The zero-order chi connectivity index (χ0) is 14.8. The molecule has 0 radical (unpaired) electrons. The van der Waals surface area contributed by atoms with Crippen molar-refractivity contribution in [3.8, 4) is 11.6 Å². The van der Waals surface area contributed by atoms with Crippen molar-refractivity contribution in [3.63, 3.8) is 0 Å². The number of aromatic nitrogens is 2. The van der Waals surface area contributed by atoms with Crippen LogP contribution in [0, 0.1) is 5.82 Å². The summed E-state index contributed by atoms with van der Waals surface area (Å²) in [6, 6.07) is 7.41. The van der Waals surface area contributed by atoms with Crippen LogP contribution in [0.5, 0.6) is 11.6 Å². The van der Waals surface area contributed by atoms with E-state index in [1.54, 1.807) is 18.2 Å². The zero-order valence-electron chi connectivity index (χ0n) is 11.6. The molecule has 0 aliphatic carbocycles. The Morgan fingerprint density at radius 1 is 1.20 bits per heavy atom. The molecule has 0 bridgehead atoms. The quantitative estimate of drug-likeness (QED) is 0.666. The van der Waals surface area contributed by atoms with E-state index in [1.807, 2.05) is 20.8 Å². The molecule has 6 heteroatoms. The van der Waals surface area contributed by atoms with Crippen LogP contribution >= 0.6 is 0 Å². The van der Waals surface area contributed by atoms with Crippen LogP contribution in [0.2, 0.25) is 0 Å². The van der Waals surface area contributed by atoms with E-state index in [9.17, 15) is 4.39 Å². The van der Waals surface area contributed by atoms with Crippen molar-refractivity contribution in [2.45, 2.75) is 26.2 Å². The summed E-state index contributed by atoms with van der Waals surface area (Å²) in [6.07, 6.45) is 0. The van der Waals surface area contributed by atoms with E-state index in [-0.39, 0.29) is 11.2 Å². The Bertz CT molecular complexity index is 610. The van der Waals surface area contributed by atoms with E-state index < -0.39 is 0 Å². The first kappa shape index (κ1) is 14.2. The highest BCUT2D eigenvalue weighted by atomic mass is 19.1. The van der Waals surface area contributed by atoms with Gasteiger partial charge in [-0.15, -0.1) is 0 Å². The molecule has 0 unspecified atom stereocenters. The number of hydrogen-bond acceptors (Lipinski definition) is 5. The van der Waals surface area contributed by atoms with Crippen molar-refractivity contribution in [3.05, 3.63) is 42.0 Å². The van der Waals surface area contributed by atoms with E-state index in [2.05, 4.69) is 15.4 Å². The van der Waals surface area contributed by atoms with Crippen molar-refractivity contribution in [2.24, 2.45) is 5.84 Å². The highest BCUT2D eigenvalue weighted by molar-refractivity contribution is 5.39. The minimum Gasteiger partial charge on any atom is -0.439 e. The summed E-state index contributed by atoms with van der Waals surface area (Å²) in [7, 11) is 0. The van der Waals surface area contributed by atoms with Crippen LogP contribution in [0.4, 0.5) is 10.2 Å². The summed E-state index contributed by atoms with van der Waals surface area (Å²) in [5, 5.41) is 0. The maximum atomic E-state index is 13.1. The molecule has 0 saturated carbocycles. The number of ether oxygens (including phenoxy) is 1. The monoisotopic (exact) mass is 276 g/mol. The van der Waals surface area contributed by atoms with E-state index in [1.165, 1.54) is 12.1 Å². The molecule has 0 amide bonds. The first-order chi connectivity index (χ1) is 9.38. The lowest BCUT2D eigenvalue weighted by Gasteiger charge is -2.18. The third-order valence-corrected chi connectivity index (χ3v) is 2.54. The highest BCUT2D eigenvalue weighted by Gasteiger charge is 2.19. The lowest BCUT2D eigenvalue weighted by molar-refractivity contribution is 0.443. The van der Waals surface area contributed by atoms with Crippen LogP contribution < -0.4 is 16.0 Å². The molecule has 5 nitrogen and oxygen atoms in total. The zero-order valence-corrected chi connectivity index (χ0v) is 11.6. The van der Waals surface area contributed by atoms with Gasteiger partial charge in [0.2, 0.25) is 5.88 Å². The molecule has 2 rings (SSSR count). The second-order valence-corrected chi connectivity index (χ2v) is 5.37. The Morgan fingerprint density at radius 2 is 1.95 bits per heavy atom. The van der Waals surface area contributed by atoms with Crippen LogP contribution in [-0.2, 0) is 5.41 Å². The topological polar surface area (TPSA) is 73.1 Å². The molecule has 0 atom stereocenters. The molecule has 1 aromatic carbocycles. The number of nitrogens with zero attached hydrogens (tertiary/aromatic N) is 2. The van der Waals surface area contributed by atoms with E-state index in [0.29, 0.717) is 23.3 Å². The number of hydrazine groups is 1. The molecule has 2 aromatic rings. The van der Waals surface area contributed by atoms with Crippen molar-refractivity contribution in [1.82, 2.24) is 9.97 Å².